The van der Waals surface area contributed by atoms with E-state index in [9.17, 15) is 0 Å². The molecule has 3 heterocycles. The van der Waals surface area contributed by atoms with Crippen LogP contribution in [0.4, 0.5) is 5.82 Å². The van der Waals surface area contributed by atoms with E-state index >= 15 is 0 Å². The smallest absolute Gasteiger partial charge is 0.187 e. The van der Waals surface area contributed by atoms with Crippen molar-refractivity contribution in [2.24, 2.45) is 0 Å². The number of anilines is 1. The molecule has 148 valence electrons. The molecule has 0 saturated carbocycles. The minimum Gasteiger partial charge on any atom is -0.382 e. The first-order chi connectivity index (χ1) is 14.5. The third-order valence-electron chi connectivity index (χ3n) is 4.94. The Hall–Kier alpha value is -3.29. The molecule has 0 amide bonds. The molecule has 0 aliphatic rings. The van der Waals surface area contributed by atoms with Crippen molar-refractivity contribution in [2.75, 3.05) is 5.73 Å². The highest BCUT2D eigenvalue weighted by molar-refractivity contribution is 7.13. The molecule has 0 spiro atoms. The number of aryl methyl sites for hydroxylation is 2. The summed E-state index contributed by atoms with van der Waals surface area (Å²) in [6.45, 7) is 3.99. The van der Waals surface area contributed by atoms with Crippen molar-refractivity contribution in [2.45, 2.75) is 13.8 Å². The second-order valence-electron chi connectivity index (χ2n) is 7.04. The molecular formula is C22H17ClN6S. The van der Waals surface area contributed by atoms with Gasteiger partial charge in [0.15, 0.2) is 17.2 Å². The van der Waals surface area contributed by atoms with Crippen LogP contribution in [-0.4, -0.2) is 24.8 Å². The highest BCUT2D eigenvalue weighted by atomic mass is 35.5. The molecule has 0 saturated heterocycles. The number of hydrogen-bond donors (Lipinski definition) is 1. The van der Waals surface area contributed by atoms with Crippen LogP contribution >= 0.6 is 22.9 Å². The number of aromatic nitrogens is 5. The van der Waals surface area contributed by atoms with Crippen LogP contribution in [0.15, 0.2) is 53.9 Å². The van der Waals surface area contributed by atoms with Crippen LogP contribution in [-0.2, 0) is 0 Å². The van der Waals surface area contributed by atoms with Crippen molar-refractivity contribution in [3.05, 3.63) is 70.2 Å². The quantitative estimate of drug-likeness (QED) is 0.410. The lowest BCUT2D eigenvalue weighted by Gasteiger charge is -2.04. The predicted molar refractivity (Wildman–Crippen MR) is 122 cm³/mol. The molecular weight excluding hydrogens is 416 g/mol. The molecule has 0 fully saturated rings. The molecule has 5 rings (SSSR count). The van der Waals surface area contributed by atoms with Crippen LogP contribution in [0, 0.1) is 13.8 Å². The first-order valence-corrected chi connectivity index (χ1v) is 10.6. The average molecular weight is 433 g/mol. The zero-order chi connectivity index (χ0) is 20.8. The molecule has 0 bridgehead atoms. The van der Waals surface area contributed by atoms with Gasteiger partial charge in [-0.05, 0) is 31.5 Å². The maximum Gasteiger partial charge on any atom is 0.187 e. The minimum atomic E-state index is 0.410. The molecule has 6 nitrogen and oxygen atoms in total. The molecule has 0 aliphatic heterocycles. The Morgan fingerprint density at radius 3 is 2.37 bits per heavy atom. The maximum absolute atomic E-state index is 6.45. The number of nitrogen functional groups attached to an aromatic ring is 1. The van der Waals surface area contributed by atoms with Crippen molar-refractivity contribution >= 4 is 34.4 Å². The lowest BCUT2D eigenvalue weighted by atomic mass is 10.1. The molecule has 8 heteroatoms. The van der Waals surface area contributed by atoms with Crippen LogP contribution in [0.5, 0.6) is 0 Å². The van der Waals surface area contributed by atoms with Crippen molar-refractivity contribution in [3.63, 3.8) is 0 Å². The molecule has 2 N–H and O–H groups in total. The third kappa shape index (κ3) is 3.12. The van der Waals surface area contributed by atoms with E-state index in [0.717, 1.165) is 28.1 Å². The number of nitrogens with zero attached hydrogens (tertiary/aromatic N) is 5. The summed E-state index contributed by atoms with van der Waals surface area (Å²) in [5, 5.41) is 16.8. The van der Waals surface area contributed by atoms with Gasteiger partial charge in [0, 0.05) is 16.0 Å². The van der Waals surface area contributed by atoms with Gasteiger partial charge >= 0.3 is 0 Å². The summed E-state index contributed by atoms with van der Waals surface area (Å²) in [6.07, 6.45) is 0. The van der Waals surface area contributed by atoms with E-state index in [-0.39, 0.29) is 0 Å². The summed E-state index contributed by atoms with van der Waals surface area (Å²) in [6, 6.07) is 15.8. The Bertz CT molecular complexity index is 1370. The number of thiazole rings is 1. The van der Waals surface area contributed by atoms with Crippen molar-refractivity contribution in [3.8, 4) is 33.1 Å². The van der Waals surface area contributed by atoms with Gasteiger partial charge in [0.2, 0.25) is 0 Å². The van der Waals surface area contributed by atoms with Gasteiger partial charge in [-0.2, -0.15) is 9.61 Å². The van der Waals surface area contributed by atoms with Gasteiger partial charge in [-0.25, -0.2) is 4.98 Å². The standard InChI is InChI=1S/C22H17ClN6S/c1-12-3-5-14(6-4-12)17-11-30-22(25-17)19-20(24)29-21(27-26-19)18(13(2)28-29)15-7-9-16(23)10-8-15/h3-11H,24H2,1-2H3. The molecule has 5 aromatic rings. The van der Waals surface area contributed by atoms with Gasteiger partial charge in [0.05, 0.1) is 17.0 Å². The van der Waals surface area contributed by atoms with Crippen LogP contribution < -0.4 is 5.73 Å². The number of hydrogen-bond acceptors (Lipinski definition) is 6. The molecule has 0 aliphatic carbocycles. The van der Waals surface area contributed by atoms with Gasteiger partial charge < -0.3 is 5.73 Å². The van der Waals surface area contributed by atoms with Gasteiger partial charge in [0.25, 0.3) is 0 Å². The van der Waals surface area contributed by atoms with E-state index in [2.05, 4.69) is 46.5 Å². The Morgan fingerprint density at radius 2 is 1.63 bits per heavy atom. The number of benzene rings is 2. The van der Waals surface area contributed by atoms with Crippen molar-refractivity contribution in [1.29, 1.82) is 0 Å². The van der Waals surface area contributed by atoms with Gasteiger partial charge in [0.1, 0.15) is 5.01 Å². The summed E-state index contributed by atoms with van der Waals surface area (Å²) in [5.41, 5.74) is 13.4. The fourth-order valence-corrected chi connectivity index (χ4v) is 4.32. The van der Waals surface area contributed by atoms with Crippen molar-refractivity contribution in [1.82, 2.24) is 24.8 Å². The van der Waals surface area contributed by atoms with E-state index in [1.165, 1.54) is 16.9 Å². The summed E-state index contributed by atoms with van der Waals surface area (Å²) < 4.78 is 1.63. The first-order valence-electron chi connectivity index (χ1n) is 9.31. The normalized spacial score (nSPS) is 11.3. The largest absolute Gasteiger partial charge is 0.382 e. The average Bonchev–Trinajstić information content (AvgIpc) is 3.35. The number of rotatable bonds is 3. The molecule has 0 unspecified atom stereocenters. The Kier molecular flexibility index (Phi) is 4.49. The highest BCUT2D eigenvalue weighted by Crippen LogP contribution is 2.34. The number of fused-ring (bicyclic) bond motifs is 1. The number of nitrogens with two attached hydrogens (primary N) is 1. The lowest BCUT2D eigenvalue weighted by molar-refractivity contribution is 0.892. The summed E-state index contributed by atoms with van der Waals surface area (Å²) in [7, 11) is 0. The highest BCUT2D eigenvalue weighted by Gasteiger charge is 2.20. The SMILES string of the molecule is Cc1ccc(-c2csc(-c3nnc4c(-c5ccc(Cl)cc5)c(C)nn4c3N)n2)cc1. The minimum absolute atomic E-state index is 0.410. The Morgan fingerprint density at radius 1 is 0.933 bits per heavy atom. The Labute approximate surface area is 182 Å². The molecule has 0 radical (unpaired) electrons. The first kappa shape index (κ1) is 18.7. The number of halogens is 1. The van der Waals surface area contributed by atoms with E-state index in [0.29, 0.717) is 27.2 Å². The molecule has 3 aromatic heterocycles. The molecule has 30 heavy (non-hydrogen) atoms. The second kappa shape index (κ2) is 7.19. The van der Waals surface area contributed by atoms with Gasteiger partial charge in [-0.15, -0.1) is 21.5 Å². The lowest BCUT2D eigenvalue weighted by Crippen LogP contribution is -2.05. The molecule has 0 atom stereocenters. The zero-order valence-electron chi connectivity index (χ0n) is 16.3. The second-order valence-corrected chi connectivity index (χ2v) is 8.34. The fraction of sp³-hybridized carbons (Fsp3) is 0.0909. The third-order valence-corrected chi connectivity index (χ3v) is 6.04. The van der Waals surface area contributed by atoms with Crippen LogP contribution in [0.25, 0.3) is 38.7 Å². The summed E-state index contributed by atoms with van der Waals surface area (Å²) >= 11 is 7.51. The van der Waals surface area contributed by atoms with Crippen LogP contribution in [0.3, 0.4) is 0 Å². The van der Waals surface area contributed by atoms with Crippen LogP contribution in [0.2, 0.25) is 5.02 Å². The van der Waals surface area contributed by atoms with Crippen LogP contribution in [0.1, 0.15) is 11.3 Å². The zero-order valence-corrected chi connectivity index (χ0v) is 17.9. The predicted octanol–water partition coefficient (Wildman–Crippen LogP) is 5.43. The van der Waals surface area contributed by atoms with Gasteiger partial charge in [-0.3, -0.25) is 0 Å². The summed E-state index contributed by atoms with van der Waals surface area (Å²) in [4.78, 5) is 4.73. The van der Waals surface area contributed by atoms with E-state index in [4.69, 9.17) is 22.3 Å². The van der Waals surface area contributed by atoms with E-state index in [1.54, 1.807) is 4.52 Å². The fourth-order valence-electron chi connectivity index (χ4n) is 3.37. The van der Waals surface area contributed by atoms with E-state index in [1.807, 2.05) is 36.6 Å². The topological polar surface area (TPSA) is 82.0 Å². The summed E-state index contributed by atoms with van der Waals surface area (Å²) in [5.74, 6) is 0.410. The molecule has 2 aromatic carbocycles. The van der Waals surface area contributed by atoms with E-state index < -0.39 is 0 Å². The van der Waals surface area contributed by atoms with Crippen molar-refractivity contribution < 1.29 is 0 Å². The maximum atomic E-state index is 6.45. The monoisotopic (exact) mass is 432 g/mol. The van der Waals surface area contributed by atoms with Gasteiger partial charge in [-0.1, -0.05) is 53.6 Å². The Balaban J connectivity index is 1.59.